The number of nitro benzene ring substituents is 1. The molecule has 0 saturated carbocycles. The standard InChI is InChI=1S/C18H14Cl2N4O5/c1-9-5-11(24(27)28)7-12-16(18(26)23(2)17(9)12)22-21-15(25)8-29-14-4-3-10(19)6-13(14)20/h3-7,26H,8H2,1-2H3. The first-order valence-corrected chi connectivity index (χ1v) is 8.93. The van der Waals surface area contributed by atoms with Gasteiger partial charge in [0.05, 0.1) is 15.5 Å². The summed E-state index contributed by atoms with van der Waals surface area (Å²) in [4.78, 5) is 22.6. The smallest absolute Gasteiger partial charge is 0.302 e. The van der Waals surface area contributed by atoms with Crippen LogP contribution in [-0.2, 0) is 11.8 Å². The van der Waals surface area contributed by atoms with Crippen LogP contribution in [0.3, 0.4) is 0 Å². The van der Waals surface area contributed by atoms with Gasteiger partial charge in [0, 0.05) is 29.6 Å². The molecule has 0 bridgehead atoms. The van der Waals surface area contributed by atoms with Crippen LogP contribution >= 0.6 is 23.2 Å². The maximum Gasteiger partial charge on any atom is 0.302 e. The van der Waals surface area contributed by atoms with Gasteiger partial charge < -0.3 is 14.4 Å². The van der Waals surface area contributed by atoms with Crippen molar-refractivity contribution in [3.63, 3.8) is 0 Å². The number of carbonyl (C=O) groups is 1. The Balaban J connectivity index is 1.86. The Kier molecular flexibility index (Phi) is 5.71. The largest absolute Gasteiger partial charge is 0.493 e. The molecule has 3 aromatic rings. The Morgan fingerprint density at radius 1 is 1.31 bits per heavy atom. The van der Waals surface area contributed by atoms with Gasteiger partial charge in [0.1, 0.15) is 5.75 Å². The molecule has 9 nitrogen and oxygen atoms in total. The van der Waals surface area contributed by atoms with Crippen LogP contribution in [0.25, 0.3) is 10.9 Å². The van der Waals surface area contributed by atoms with Crippen LogP contribution in [0.1, 0.15) is 5.56 Å². The number of hydrogen-bond acceptors (Lipinski definition) is 6. The van der Waals surface area contributed by atoms with E-state index in [1.165, 1.54) is 28.8 Å². The molecule has 1 heterocycles. The van der Waals surface area contributed by atoms with Crippen molar-refractivity contribution in [1.82, 2.24) is 4.57 Å². The second-order valence-electron chi connectivity index (χ2n) is 6.10. The van der Waals surface area contributed by atoms with E-state index in [1.807, 2.05) is 0 Å². The molecule has 0 saturated heterocycles. The van der Waals surface area contributed by atoms with Gasteiger partial charge in [0.15, 0.2) is 12.3 Å². The second-order valence-corrected chi connectivity index (χ2v) is 6.95. The summed E-state index contributed by atoms with van der Waals surface area (Å²) in [6.45, 7) is 1.22. The van der Waals surface area contributed by atoms with E-state index in [0.717, 1.165) is 0 Å². The van der Waals surface area contributed by atoms with E-state index in [2.05, 4.69) is 10.2 Å². The molecule has 0 aliphatic heterocycles. The molecular weight excluding hydrogens is 423 g/mol. The number of amides is 1. The van der Waals surface area contributed by atoms with E-state index in [9.17, 15) is 20.0 Å². The molecule has 0 fully saturated rings. The molecule has 3 rings (SSSR count). The minimum absolute atomic E-state index is 0.0489. The van der Waals surface area contributed by atoms with Crippen LogP contribution in [0.4, 0.5) is 11.4 Å². The SMILES string of the molecule is Cc1cc([N+](=O)[O-])cc2c(N=NC(=O)COc3ccc(Cl)cc3Cl)c(O)n(C)c12. The van der Waals surface area contributed by atoms with Crippen LogP contribution in [0.5, 0.6) is 11.6 Å². The number of nitrogens with zero attached hydrogens (tertiary/aromatic N) is 4. The van der Waals surface area contributed by atoms with Gasteiger partial charge in [-0.05, 0) is 30.7 Å². The first kappa shape index (κ1) is 20.6. The Labute approximate surface area is 174 Å². The average molecular weight is 437 g/mol. The zero-order chi connectivity index (χ0) is 21.3. The van der Waals surface area contributed by atoms with Crippen molar-refractivity contribution in [2.45, 2.75) is 6.92 Å². The molecule has 0 radical (unpaired) electrons. The summed E-state index contributed by atoms with van der Waals surface area (Å²) >= 11 is 11.8. The van der Waals surface area contributed by atoms with E-state index >= 15 is 0 Å². The Morgan fingerprint density at radius 2 is 2.03 bits per heavy atom. The lowest BCUT2D eigenvalue weighted by atomic mass is 10.1. The van der Waals surface area contributed by atoms with Gasteiger partial charge in [0.25, 0.3) is 5.69 Å². The summed E-state index contributed by atoms with van der Waals surface area (Å²) in [5, 5.41) is 29.7. The van der Waals surface area contributed by atoms with Crippen LogP contribution in [0.15, 0.2) is 40.6 Å². The lowest BCUT2D eigenvalue weighted by Gasteiger charge is -2.05. The monoisotopic (exact) mass is 436 g/mol. The second kappa shape index (κ2) is 8.06. The molecule has 1 aromatic heterocycles. The van der Waals surface area contributed by atoms with Crippen molar-refractivity contribution in [2.24, 2.45) is 17.3 Å². The van der Waals surface area contributed by atoms with E-state index < -0.39 is 17.4 Å². The fourth-order valence-corrected chi connectivity index (χ4v) is 3.30. The zero-order valence-corrected chi connectivity index (χ0v) is 16.7. The van der Waals surface area contributed by atoms with E-state index in [0.29, 0.717) is 21.5 Å². The fraction of sp³-hybridized carbons (Fsp3) is 0.167. The molecular formula is C18H14Cl2N4O5. The number of hydrogen-bond donors (Lipinski definition) is 1. The highest BCUT2D eigenvalue weighted by molar-refractivity contribution is 6.35. The van der Waals surface area contributed by atoms with Crippen LogP contribution < -0.4 is 4.74 Å². The van der Waals surface area contributed by atoms with Crippen molar-refractivity contribution >= 4 is 51.4 Å². The lowest BCUT2D eigenvalue weighted by Crippen LogP contribution is -2.08. The summed E-state index contributed by atoms with van der Waals surface area (Å²) in [7, 11) is 1.57. The number of ether oxygens (including phenoxy) is 1. The summed E-state index contributed by atoms with van der Waals surface area (Å²) in [6, 6.07) is 7.18. The summed E-state index contributed by atoms with van der Waals surface area (Å²) in [5.74, 6) is -0.768. The van der Waals surface area contributed by atoms with Gasteiger partial charge in [0.2, 0.25) is 5.88 Å². The number of aromatic nitrogens is 1. The number of non-ortho nitro benzene ring substituents is 1. The predicted octanol–water partition coefficient (Wildman–Crippen LogP) is 5.10. The Morgan fingerprint density at radius 3 is 2.69 bits per heavy atom. The van der Waals surface area contributed by atoms with E-state index in [-0.39, 0.29) is 28.0 Å². The molecule has 0 aliphatic carbocycles. The van der Waals surface area contributed by atoms with Crippen molar-refractivity contribution in [3.8, 4) is 11.6 Å². The first-order chi connectivity index (χ1) is 13.7. The number of benzene rings is 2. The topological polar surface area (TPSA) is 119 Å². The summed E-state index contributed by atoms with van der Waals surface area (Å²) in [6.07, 6.45) is 0. The number of azo groups is 1. The Hall–Kier alpha value is -3.17. The number of fused-ring (bicyclic) bond motifs is 1. The highest BCUT2D eigenvalue weighted by atomic mass is 35.5. The van der Waals surface area contributed by atoms with Crippen molar-refractivity contribution < 1.29 is 19.6 Å². The minimum Gasteiger partial charge on any atom is -0.493 e. The van der Waals surface area contributed by atoms with Gasteiger partial charge in [-0.25, -0.2) is 0 Å². The molecule has 11 heteroatoms. The third-order valence-electron chi connectivity index (χ3n) is 4.12. The Bertz CT molecular complexity index is 1170. The minimum atomic E-state index is -0.741. The van der Waals surface area contributed by atoms with Crippen molar-refractivity contribution in [2.75, 3.05) is 6.61 Å². The number of halogens is 2. The molecule has 1 amide bonds. The predicted molar refractivity (Wildman–Crippen MR) is 107 cm³/mol. The average Bonchev–Trinajstić information content (AvgIpc) is 2.90. The number of aryl methyl sites for hydroxylation is 2. The van der Waals surface area contributed by atoms with Gasteiger partial charge in [-0.2, -0.15) is 0 Å². The number of nitro groups is 1. The van der Waals surface area contributed by atoms with E-state index in [1.54, 1.807) is 20.0 Å². The molecule has 2 aromatic carbocycles. The van der Waals surface area contributed by atoms with Crippen LogP contribution in [0, 0.1) is 17.0 Å². The van der Waals surface area contributed by atoms with Crippen LogP contribution in [-0.4, -0.2) is 27.1 Å². The number of carbonyl (C=O) groups excluding carboxylic acids is 1. The fourth-order valence-electron chi connectivity index (χ4n) is 2.84. The maximum atomic E-state index is 12.0. The van der Waals surface area contributed by atoms with Crippen molar-refractivity contribution in [1.29, 1.82) is 0 Å². The third kappa shape index (κ3) is 4.15. The molecule has 0 spiro atoms. The molecule has 150 valence electrons. The number of aromatic hydroxyl groups is 1. The van der Waals surface area contributed by atoms with Gasteiger partial charge in [-0.1, -0.05) is 23.2 Å². The zero-order valence-electron chi connectivity index (χ0n) is 15.2. The van der Waals surface area contributed by atoms with E-state index in [4.69, 9.17) is 27.9 Å². The molecule has 29 heavy (non-hydrogen) atoms. The first-order valence-electron chi connectivity index (χ1n) is 8.18. The highest BCUT2D eigenvalue weighted by Gasteiger charge is 2.20. The van der Waals surface area contributed by atoms with Crippen LogP contribution in [0.2, 0.25) is 10.0 Å². The quantitative estimate of drug-likeness (QED) is 0.339. The summed E-state index contributed by atoms with van der Waals surface area (Å²) in [5.41, 5.74) is 0.899. The normalized spacial score (nSPS) is 11.3. The summed E-state index contributed by atoms with van der Waals surface area (Å²) < 4.78 is 6.70. The third-order valence-corrected chi connectivity index (χ3v) is 4.65. The van der Waals surface area contributed by atoms with Gasteiger partial charge >= 0.3 is 5.91 Å². The lowest BCUT2D eigenvalue weighted by molar-refractivity contribution is -0.384. The number of rotatable bonds is 5. The highest BCUT2D eigenvalue weighted by Crippen LogP contribution is 2.41. The van der Waals surface area contributed by atoms with Gasteiger partial charge in [-0.3, -0.25) is 14.9 Å². The molecule has 0 aliphatic rings. The molecule has 0 unspecified atom stereocenters. The maximum absolute atomic E-state index is 12.0. The molecule has 0 atom stereocenters. The van der Waals surface area contributed by atoms with Gasteiger partial charge in [-0.15, -0.1) is 10.2 Å². The molecule has 1 N–H and O–H groups in total. The van der Waals surface area contributed by atoms with Crippen molar-refractivity contribution in [3.05, 3.63) is 56.1 Å².